The lowest BCUT2D eigenvalue weighted by atomic mass is 10.1. The van der Waals surface area contributed by atoms with E-state index in [0.29, 0.717) is 6.04 Å². The maximum Gasteiger partial charge on any atom is 0.0446 e. The molecule has 2 N–H and O–H groups in total. The molecule has 1 aromatic rings. The first-order chi connectivity index (χ1) is 10.2. The highest BCUT2D eigenvalue weighted by atomic mass is 16.3. The third kappa shape index (κ3) is 4.19. The summed E-state index contributed by atoms with van der Waals surface area (Å²) in [5.74, 6) is 0. The van der Waals surface area contributed by atoms with E-state index in [1.807, 2.05) is 7.05 Å². The number of aryl methyl sites for hydroxylation is 1. The van der Waals surface area contributed by atoms with Gasteiger partial charge in [-0.15, -0.1) is 0 Å². The molecule has 1 unspecified atom stereocenters. The van der Waals surface area contributed by atoms with Gasteiger partial charge in [-0.3, -0.25) is 4.90 Å². The molecule has 0 aromatic heterocycles. The van der Waals surface area contributed by atoms with E-state index in [0.717, 1.165) is 39.1 Å². The molecule has 0 bridgehead atoms. The molecule has 1 aliphatic rings. The number of nitrogens with zero attached hydrogens (tertiary/aromatic N) is 2. The Balaban J connectivity index is 1.89. The quantitative estimate of drug-likeness (QED) is 0.831. The van der Waals surface area contributed by atoms with Crippen molar-refractivity contribution in [1.82, 2.24) is 10.2 Å². The Morgan fingerprint density at radius 1 is 1.19 bits per heavy atom. The van der Waals surface area contributed by atoms with E-state index in [2.05, 4.69) is 47.2 Å². The number of aliphatic hydroxyl groups excluding tert-OH is 1. The van der Waals surface area contributed by atoms with Crippen LogP contribution in [0.1, 0.15) is 17.5 Å². The average molecular weight is 291 g/mol. The van der Waals surface area contributed by atoms with Crippen molar-refractivity contribution in [3.05, 3.63) is 29.3 Å². The van der Waals surface area contributed by atoms with Gasteiger partial charge in [0.15, 0.2) is 0 Å². The first-order valence-corrected chi connectivity index (χ1v) is 7.97. The van der Waals surface area contributed by atoms with Crippen molar-refractivity contribution in [1.29, 1.82) is 0 Å². The van der Waals surface area contributed by atoms with E-state index in [9.17, 15) is 0 Å². The van der Waals surface area contributed by atoms with Crippen molar-refractivity contribution in [2.75, 3.05) is 51.3 Å². The smallest absolute Gasteiger partial charge is 0.0446 e. The zero-order valence-electron chi connectivity index (χ0n) is 13.6. The Morgan fingerprint density at radius 2 is 1.90 bits per heavy atom. The first kappa shape index (κ1) is 16.3. The number of benzene rings is 1. The molecule has 1 aliphatic heterocycles. The van der Waals surface area contributed by atoms with Crippen molar-refractivity contribution in [3.63, 3.8) is 0 Å². The number of piperazine rings is 1. The zero-order valence-corrected chi connectivity index (χ0v) is 13.6. The van der Waals surface area contributed by atoms with Gasteiger partial charge in [-0.1, -0.05) is 12.1 Å². The lowest BCUT2D eigenvalue weighted by molar-refractivity contribution is 0.204. The summed E-state index contributed by atoms with van der Waals surface area (Å²) in [6.45, 7) is 10.0. The largest absolute Gasteiger partial charge is 0.396 e. The summed E-state index contributed by atoms with van der Waals surface area (Å²) in [6, 6.07) is 6.96. The Hall–Kier alpha value is -1.10. The van der Waals surface area contributed by atoms with Gasteiger partial charge in [-0.05, 0) is 44.5 Å². The van der Waals surface area contributed by atoms with Crippen LogP contribution in [0.3, 0.4) is 0 Å². The predicted octanol–water partition coefficient (Wildman–Crippen LogP) is 1.40. The van der Waals surface area contributed by atoms with Gasteiger partial charge in [0.25, 0.3) is 0 Å². The summed E-state index contributed by atoms with van der Waals surface area (Å²) in [6.07, 6.45) is 0.827. The number of likely N-dealkylation sites (N-methyl/N-ethyl adjacent to an activating group) is 1. The van der Waals surface area contributed by atoms with Crippen LogP contribution in [-0.4, -0.2) is 62.4 Å². The van der Waals surface area contributed by atoms with Crippen LogP contribution >= 0.6 is 0 Å². The van der Waals surface area contributed by atoms with E-state index in [1.54, 1.807) is 0 Å². The van der Waals surface area contributed by atoms with E-state index in [4.69, 9.17) is 5.11 Å². The summed E-state index contributed by atoms with van der Waals surface area (Å²) >= 11 is 0. The van der Waals surface area contributed by atoms with Crippen LogP contribution in [0.15, 0.2) is 18.2 Å². The number of aliphatic hydroxyl groups is 1. The van der Waals surface area contributed by atoms with Gasteiger partial charge in [0.1, 0.15) is 0 Å². The first-order valence-electron chi connectivity index (χ1n) is 7.97. The van der Waals surface area contributed by atoms with Crippen molar-refractivity contribution in [2.45, 2.75) is 26.3 Å². The molecule has 0 saturated carbocycles. The van der Waals surface area contributed by atoms with Crippen molar-refractivity contribution in [2.24, 2.45) is 0 Å². The minimum Gasteiger partial charge on any atom is -0.396 e. The Labute approximate surface area is 128 Å². The van der Waals surface area contributed by atoms with Crippen LogP contribution in [0, 0.1) is 13.8 Å². The summed E-state index contributed by atoms with van der Waals surface area (Å²) in [7, 11) is 1.98. The molecule has 4 nitrogen and oxygen atoms in total. The van der Waals surface area contributed by atoms with Crippen molar-refractivity contribution < 1.29 is 5.11 Å². The lowest BCUT2D eigenvalue weighted by Crippen LogP contribution is -2.50. The molecule has 0 amide bonds. The molecule has 0 radical (unpaired) electrons. The molecule has 0 spiro atoms. The minimum atomic E-state index is 0.258. The van der Waals surface area contributed by atoms with Crippen LogP contribution in [0.5, 0.6) is 0 Å². The number of rotatable bonds is 6. The fourth-order valence-electron chi connectivity index (χ4n) is 3.04. The third-order valence-electron chi connectivity index (χ3n) is 4.65. The van der Waals surface area contributed by atoms with Gasteiger partial charge in [-0.2, -0.15) is 0 Å². The second-order valence-electron chi connectivity index (χ2n) is 6.00. The Morgan fingerprint density at radius 3 is 2.52 bits per heavy atom. The van der Waals surface area contributed by atoms with Crippen LogP contribution in [0.25, 0.3) is 0 Å². The summed E-state index contributed by atoms with van der Waals surface area (Å²) in [4.78, 5) is 5.00. The van der Waals surface area contributed by atoms with Gasteiger partial charge >= 0.3 is 0 Å². The van der Waals surface area contributed by atoms with Gasteiger partial charge in [-0.25, -0.2) is 0 Å². The highest BCUT2D eigenvalue weighted by molar-refractivity contribution is 5.56. The SMILES string of the molecule is CNC(CCO)CN1CCN(c2cccc(C)c2C)CC1. The van der Waals surface area contributed by atoms with E-state index < -0.39 is 0 Å². The van der Waals surface area contributed by atoms with Crippen LogP contribution in [0.2, 0.25) is 0 Å². The number of hydrogen-bond donors (Lipinski definition) is 2. The average Bonchev–Trinajstić information content (AvgIpc) is 2.50. The number of nitrogens with one attached hydrogen (secondary N) is 1. The molecule has 2 rings (SSSR count). The molecule has 0 aliphatic carbocycles. The van der Waals surface area contributed by atoms with Crippen molar-refractivity contribution in [3.8, 4) is 0 Å². The molecule has 1 saturated heterocycles. The molecule has 4 heteroatoms. The van der Waals surface area contributed by atoms with Gasteiger partial charge in [0.2, 0.25) is 0 Å². The van der Waals surface area contributed by atoms with E-state index in [-0.39, 0.29) is 6.61 Å². The monoisotopic (exact) mass is 291 g/mol. The molecule has 1 heterocycles. The summed E-state index contributed by atoms with van der Waals surface area (Å²) < 4.78 is 0. The Kier molecular flexibility index (Phi) is 6.03. The van der Waals surface area contributed by atoms with Gasteiger partial charge in [0.05, 0.1) is 0 Å². The second kappa shape index (κ2) is 7.78. The molecular formula is C17H29N3O. The van der Waals surface area contributed by atoms with Gasteiger partial charge in [0, 0.05) is 51.1 Å². The van der Waals surface area contributed by atoms with Crippen LogP contribution in [-0.2, 0) is 0 Å². The van der Waals surface area contributed by atoms with Gasteiger partial charge < -0.3 is 15.3 Å². The fraction of sp³-hybridized carbons (Fsp3) is 0.647. The highest BCUT2D eigenvalue weighted by Crippen LogP contribution is 2.23. The highest BCUT2D eigenvalue weighted by Gasteiger charge is 2.20. The van der Waals surface area contributed by atoms with Crippen LogP contribution in [0.4, 0.5) is 5.69 Å². The van der Waals surface area contributed by atoms with E-state index in [1.165, 1.54) is 16.8 Å². The summed E-state index contributed by atoms with van der Waals surface area (Å²) in [5.41, 5.74) is 4.16. The minimum absolute atomic E-state index is 0.258. The lowest BCUT2D eigenvalue weighted by Gasteiger charge is -2.38. The van der Waals surface area contributed by atoms with Crippen molar-refractivity contribution >= 4 is 5.69 Å². The molecule has 118 valence electrons. The third-order valence-corrected chi connectivity index (χ3v) is 4.65. The fourth-order valence-corrected chi connectivity index (χ4v) is 3.04. The second-order valence-corrected chi connectivity index (χ2v) is 6.00. The predicted molar refractivity (Wildman–Crippen MR) is 89.1 cm³/mol. The molecule has 21 heavy (non-hydrogen) atoms. The van der Waals surface area contributed by atoms with E-state index >= 15 is 0 Å². The number of anilines is 1. The van der Waals surface area contributed by atoms with Crippen LogP contribution < -0.4 is 10.2 Å². The molecular weight excluding hydrogens is 262 g/mol. The summed E-state index contributed by atoms with van der Waals surface area (Å²) in [5, 5.41) is 12.4. The molecule has 1 fully saturated rings. The normalized spacial score (nSPS) is 18.0. The Bertz CT molecular complexity index is 442. The molecule has 1 atom stereocenters. The molecule has 1 aromatic carbocycles. The standard InChI is InChI=1S/C17H29N3O/c1-14-5-4-6-17(15(14)2)20-10-8-19(9-11-20)13-16(18-3)7-12-21/h4-6,16,18,21H,7-13H2,1-3H3. The topological polar surface area (TPSA) is 38.7 Å². The maximum absolute atomic E-state index is 9.08. The zero-order chi connectivity index (χ0) is 15.2. The number of hydrogen-bond acceptors (Lipinski definition) is 4. The maximum atomic E-state index is 9.08.